The van der Waals surface area contributed by atoms with Crippen molar-refractivity contribution in [3.05, 3.63) is 72.3 Å². The molecule has 3 rings (SSSR count). The second-order valence-corrected chi connectivity index (χ2v) is 6.46. The highest BCUT2D eigenvalue weighted by Crippen LogP contribution is 2.23. The molecule has 0 atom stereocenters. The number of nitrogens with one attached hydrogen (secondary N) is 1. The van der Waals surface area contributed by atoms with E-state index in [0.29, 0.717) is 0 Å². The highest BCUT2D eigenvalue weighted by Gasteiger charge is 2.09. The van der Waals surface area contributed by atoms with E-state index in [9.17, 15) is 8.42 Å². The molecule has 0 saturated carbocycles. The Bertz CT molecular complexity index is 906. The van der Waals surface area contributed by atoms with Gasteiger partial charge in [-0.3, -0.25) is 4.55 Å². The zero-order chi connectivity index (χ0) is 15.6. The normalized spacial score (nSPS) is 11.5. The van der Waals surface area contributed by atoms with Crippen LogP contribution in [-0.2, 0) is 16.7 Å². The standard InChI is InChI=1S/C17H15NO3S/c19-22(20,21)17-9-7-14-10-16(8-6-15(14)11-17)18-12-13-4-2-1-3-5-13/h1-11,18H,12H2,(H,19,20,21). The van der Waals surface area contributed by atoms with Crippen LogP contribution in [0.3, 0.4) is 0 Å². The molecule has 0 aliphatic carbocycles. The van der Waals surface area contributed by atoms with Gasteiger partial charge >= 0.3 is 0 Å². The van der Waals surface area contributed by atoms with Gasteiger partial charge in [0.15, 0.2) is 0 Å². The van der Waals surface area contributed by atoms with E-state index in [-0.39, 0.29) is 4.90 Å². The van der Waals surface area contributed by atoms with Crippen molar-refractivity contribution in [2.75, 3.05) is 5.32 Å². The minimum atomic E-state index is -4.17. The summed E-state index contributed by atoms with van der Waals surface area (Å²) in [6, 6.07) is 20.3. The monoisotopic (exact) mass is 313 g/mol. The highest BCUT2D eigenvalue weighted by atomic mass is 32.2. The van der Waals surface area contributed by atoms with E-state index >= 15 is 0 Å². The van der Waals surface area contributed by atoms with Crippen LogP contribution in [-0.4, -0.2) is 13.0 Å². The lowest BCUT2D eigenvalue weighted by atomic mass is 10.1. The molecular formula is C17H15NO3S. The average molecular weight is 313 g/mol. The van der Waals surface area contributed by atoms with Gasteiger partial charge in [-0.15, -0.1) is 0 Å². The van der Waals surface area contributed by atoms with Crippen molar-refractivity contribution in [1.82, 2.24) is 0 Å². The summed E-state index contributed by atoms with van der Waals surface area (Å²) in [7, 11) is -4.17. The molecule has 0 fully saturated rings. The van der Waals surface area contributed by atoms with Crippen LogP contribution in [0.4, 0.5) is 5.69 Å². The van der Waals surface area contributed by atoms with E-state index in [0.717, 1.165) is 23.0 Å². The summed E-state index contributed by atoms with van der Waals surface area (Å²) in [6.45, 7) is 0.718. The fraction of sp³-hybridized carbons (Fsp3) is 0.0588. The summed E-state index contributed by atoms with van der Waals surface area (Å²) in [5, 5.41) is 5.00. The van der Waals surface area contributed by atoms with Crippen molar-refractivity contribution < 1.29 is 13.0 Å². The van der Waals surface area contributed by atoms with Gasteiger partial charge in [0.1, 0.15) is 0 Å². The molecule has 4 nitrogen and oxygen atoms in total. The number of fused-ring (bicyclic) bond motifs is 1. The molecular weight excluding hydrogens is 298 g/mol. The van der Waals surface area contributed by atoms with E-state index in [1.54, 1.807) is 6.07 Å². The van der Waals surface area contributed by atoms with Gasteiger partial charge in [0.2, 0.25) is 0 Å². The van der Waals surface area contributed by atoms with Gasteiger partial charge in [-0.05, 0) is 40.6 Å². The summed E-state index contributed by atoms with van der Waals surface area (Å²) < 4.78 is 31.4. The lowest BCUT2D eigenvalue weighted by Crippen LogP contribution is -1.99. The molecule has 0 unspecified atom stereocenters. The highest BCUT2D eigenvalue weighted by molar-refractivity contribution is 7.85. The van der Waals surface area contributed by atoms with Gasteiger partial charge in [0.25, 0.3) is 10.1 Å². The summed E-state index contributed by atoms with van der Waals surface area (Å²) in [5.41, 5.74) is 2.14. The Morgan fingerprint density at radius 3 is 2.27 bits per heavy atom. The van der Waals surface area contributed by atoms with Crippen molar-refractivity contribution >= 4 is 26.6 Å². The molecule has 0 radical (unpaired) electrons. The molecule has 0 amide bonds. The Balaban J connectivity index is 1.84. The van der Waals surface area contributed by atoms with Crippen LogP contribution in [0.15, 0.2) is 71.6 Å². The maximum Gasteiger partial charge on any atom is 0.294 e. The molecule has 0 heterocycles. The predicted molar refractivity (Wildman–Crippen MR) is 87.5 cm³/mol. The van der Waals surface area contributed by atoms with E-state index in [4.69, 9.17) is 4.55 Å². The van der Waals surface area contributed by atoms with Crippen LogP contribution in [0.25, 0.3) is 10.8 Å². The molecule has 5 heteroatoms. The Kier molecular flexibility index (Phi) is 3.83. The predicted octanol–water partition coefficient (Wildman–Crippen LogP) is 3.70. The fourth-order valence-electron chi connectivity index (χ4n) is 2.29. The maximum atomic E-state index is 11.1. The topological polar surface area (TPSA) is 66.4 Å². The largest absolute Gasteiger partial charge is 0.381 e. The second kappa shape index (κ2) is 5.79. The number of anilines is 1. The summed E-state index contributed by atoms with van der Waals surface area (Å²) in [5.74, 6) is 0. The third kappa shape index (κ3) is 3.27. The molecule has 3 aromatic carbocycles. The lowest BCUT2D eigenvalue weighted by Gasteiger charge is -2.08. The fourth-order valence-corrected chi connectivity index (χ4v) is 2.81. The van der Waals surface area contributed by atoms with Crippen molar-refractivity contribution in [1.29, 1.82) is 0 Å². The number of hydrogen-bond acceptors (Lipinski definition) is 3. The van der Waals surface area contributed by atoms with Crippen LogP contribution in [0.5, 0.6) is 0 Å². The molecule has 3 aromatic rings. The van der Waals surface area contributed by atoms with Crippen molar-refractivity contribution in [3.8, 4) is 0 Å². The van der Waals surface area contributed by atoms with E-state index in [2.05, 4.69) is 5.32 Å². The third-order valence-electron chi connectivity index (χ3n) is 3.45. The molecule has 22 heavy (non-hydrogen) atoms. The van der Waals surface area contributed by atoms with Gasteiger partial charge in [-0.1, -0.05) is 42.5 Å². The zero-order valence-corrected chi connectivity index (χ0v) is 12.5. The van der Waals surface area contributed by atoms with Crippen LogP contribution >= 0.6 is 0 Å². The molecule has 2 N–H and O–H groups in total. The number of benzene rings is 3. The summed E-state index contributed by atoms with van der Waals surface area (Å²) in [6.07, 6.45) is 0. The zero-order valence-electron chi connectivity index (χ0n) is 11.7. The van der Waals surface area contributed by atoms with E-state index in [1.807, 2.05) is 48.5 Å². The molecule has 0 spiro atoms. The molecule has 112 valence electrons. The van der Waals surface area contributed by atoms with Gasteiger partial charge in [0.05, 0.1) is 4.90 Å². The second-order valence-electron chi connectivity index (χ2n) is 5.04. The SMILES string of the molecule is O=S(=O)(O)c1ccc2cc(NCc3ccccc3)ccc2c1. The van der Waals surface area contributed by atoms with Crippen molar-refractivity contribution in [2.24, 2.45) is 0 Å². The first-order chi connectivity index (χ1) is 10.5. The van der Waals surface area contributed by atoms with Crippen molar-refractivity contribution in [2.45, 2.75) is 11.4 Å². The first kappa shape index (κ1) is 14.6. The van der Waals surface area contributed by atoms with Gasteiger partial charge in [0, 0.05) is 12.2 Å². The quantitative estimate of drug-likeness (QED) is 0.721. The maximum absolute atomic E-state index is 11.1. The minimum Gasteiger partial charge on any atom is -0.381 e. The molecule has 0 bridgehead atoms. The summed E-state index contributed by atoms with van der Waals surface area (Å²) >= 11 is 0. The van der Waals surface area contributed by atoms with Crippen LogP contribution in [0, 0.1) is 0 Å². The first-order valence-corrected chi connectivity index (χ1v) is 8.25. The Hall–Kier alpha value is -2.37. The van der Waals surface area contributed by atoms with Gasteiger partial charge < -0.3 is 5.32 Å². The number of rotatable bonds is 4. The van der Waals surface area contributed by atoms with Crippen LogP contribution in [0.2, 0.25) is 0 Å². The van der Waals surface area contributed by atoms with Crippen LogP contribution < -0.4 is 5.32 Å². The first-order valence-electron chi connectivity index (χ1n) is 6.81. The molecule has 0 saturated heterocycles. The van der Waals surface area contributed by atoms with E-state index < -0.39 is 10.1 Å². The lowest BCUT2D eigenvalue weighted by molar-refractivity contribution is 0.483. The van der Waals surface area contributed by atoms with Crippen LogP contribution in [0.1, 0.15) is 5.56 Å². The molecule has 0 aliphatic rings. The van der Waals surface area contributed by atoms with E-state index in [1.165, 1.54) is 17.7 Å². The van der Waals surface area contributed by atoms with Gasteiger partial charge in [-0.25, -0.2) is 0 Å². The third-order valence-corrected chi connectivity index (χ3v) is 4.30. The van der Waals surface area contributed by atoms with Gasteiger partial charge in [-0.2, -0.15) is 8.42 Å². The summed E-state index contributed by atoms with van der Waals surface area (Å²) in [4.78, 5) is -0.0926. The minimum absolute atomic E-state index is 0.0926. The molecule has 0 aliphatic heterocycles. The average Bonchev–Trinajstić information content (AvgIpc) is 2.52. The Morgan fingerprint density at radius 2 is 1.55 bits per heavy atom. The van der Waals surface area contributed by atoms with Crippen molar-refractivity contribution in [3.63, 3.8) is 0 Å². The molecule has 0 aromatic heterocycles. The smallest absolute Gasteiger partial charge is 0.294 e. The number of hydrogen-bond donors (Lipinski definition) is 2. The Morgan fingerprint density at radius 1 is 0.864 bits per heavy atom. The Labute approximate surface area is 129 Å².